The molecule has 0 atom stereocenters. The van der Waals surface area contributed by atoms with Gasteiger partial charge >= 0.3 is 36.0 Å². The maximum atomic E-state index is 12.9. The van der Waals surface area contributed by atoms with E-state index in [-0.39, 0.29) is 140 Å². The van der Waals surface area contributed by atoms with Crippen LogP contribution in [-0.4, -0.2) is 173 Å². The summed E-state index contributed by atoms with van der Waals surface area (Å²) in [7, 11) is -3.51. The van der Waals surface area contributed by atoms with E-state index in [4.69, 9.17) is 61.2 Å². The third-order valence-corrected chi connectivity index (χ3v) is 13.8. The smallest absolute Gasteiger partial charge is 0.416 e. The van der Waals surface area contributed by atoms with Gasteiger partial charge in [0.05, 0.1) is 120 Å². The highest BCUT2D eigenvalue weighted by atomic mass is 32.2. The van der Waals surface area contributed by atoms with Gasteiger partial charge in [-0.25, -0.2) is 42.7 Å². The number of nitriles is 1. The van der Waals surface area contributed by atoms with Crippen LogP contribution in [0.2, 0.25) is 0 Å². The number of hydrazine groups is 1. The molecule has 0 saturated heterocycles. The van der Waals surface area contributed by atoms with Crippen molar-refractivity contribution in [2.45, 2.75) is 199 Å². The molecule has 4 aromatic heterocycles. The van der Waals surface area contributed by atoms with Gasteiger partial charge in [0.15, 0.2) is 5.57 Å². The maximum absolute atomic E-state index is 12.9. The van der Waals surface area contributed by atoms with Gasteiger partial charge in [-0.05, 0) is 84.9 Å². The number of rotatable bonds is 27. The van der Waals surface area contributed by atoms with E-state index in [1.54, 1.807) is 58.4 Å². The molecule has 0 bridgehead atoms. The van der Waals surface area contributed by atoms with E-state index < -0.39 is 45.7 Å². The lowest BCUT2D eigenvalue weighted by atomic mass is 10.1. The van der Waals surface area contributed by atoms with Gasteiger partial charge in [-0.3, -0.25) is 15.5 Å². The number of aromatic nitrogens is 8. The lowest BCUT2D eigenvalue weighted by Crippen LogP contribution is -2.24. The van der Waals surface area contributed by atoms with Gasteiger partial charge in [0, 0.05) is 32.6 Å². The summed E-state index contributed by atoms with van der Waals surface area (Å²) in [5.74, 6) is 4.65. The van der Waals surface area contributed by atoms with Crippen LogP contribution in [0.5, 0.6) is 0 Å². The minimum absolute atomic E-state index is 0. The van der Waals surface area contributed by atoms with Gasteiger partial charge < -0.3 is 60.3 Å². The number of hydrogen-bond acceptors (Lipinski definition) is 27. The molecule has 0 amide bonds. The number of benzene rings is 1. The van der Waals surface area contributed by atoms with Gasteiger partial charge in [0.2, 0.25) is 0 Å². The fraction of sp³-hybridized carbons (Fsp3) is 0.618. The number of aryl methyl sites for hydroxylation is 4. The summed E-state index contributed by atoms with van der Waals surface area (Å²) >= 11 is 0. The number of anilines is 4. The van der Waals surface area contributed by atoms with Crippen molar-refractivity contribution in [3.63, 3.8) is 0 Å². The van der Waals surface area contributed by atoms with Crippen LogP contribution in [0.15, 0.2) is 35.6 Å². The minimum atomic E-state index is -4.38. The highest BCUT2D eigenvalue weighted by molar-refractivity contribution is 7.86. The number of aliphatic hydroxyl groups is 2. The molecule has 31 nitrogen and oxygen atoms in total. The molecule has 2 aliphatic rings. The fourth-order valence-electron chi connectivity index (χ4n) is 9.10. The zero-order chi connectivity index (χ0) is 72.3. The van der Waals surface area contributed by atoms with E-state index in [9.17, 15) is 45.6 Å². The SMILES string of the molecule is C.C.C.C.C.C.C.CCOC(=O)/C(C#N)=C(\CC)OCC.CCOC(=O)c1c(CC)nn(CCO)c1N.CCOC(=O)c1c(CC)nn(CCOS(C)(=O)=O)c1N.CCOC(=O)c1c(CC)nn2c1N(Cc1cccc(C(F)(F)F)c1)CC2.CCOC(=O)c1c(CC)nn2c1NCC2.NNCCO. The number of hydrogen-bond donors (Lipinski definition) is 7. The van der Waals surface area contributed by atoms with Gasteiger partial charge in [0.1, 0.15) is 57.4 Å². The Bertz CT molecular complexity index is 3490. The Labute approximate surface area is 608 Å². The summed E-state index contributed by atoms with van der Waals surface area (Å²) in [5.41, 5.74) is 17.9. The van der Waals surface area contributed by atoms with E-state index in [0.29, 0.717) is 116 Å². The van der Waals surface area contributed by atoms with E-state index in [1.165, 1.54) is 15.4 Å². The normalized spacial score (nSPS) is 11.3. The van der Waals surface area contributed by atoms with Crippen molar-refractivity contribution in [1.82, 2.24) is 44.5 Å². The number of fused-ring (bicyclic) bond motifs is 2. The van der Waals surface area contributed by atoms with Crippen LogP contribution in [0.1, 0.15) is 210 Å². The first-order valence-electron chi connectivity index (χ1n) is 31.4. The Balaban J connectivity index is -0.000000281. The van der Waals surface area contributed by atoms with E-state index in [1.807, 2.05) is 44.2 Å². The Morgan fingerprint density at radius 1 is 0.621 bits per heavy atom. The van der Waals surface area contributed by atoms with Crippen molar-refractivity contribution >= 4 is 63.2 Å². The number of halogens is 3. The summed E-state index contributed by atoms with van der Waals surface area (Å²) < 4.78 is 101. The largest absolute Gasteiger partial charge is 0.497 e. The zero-order valence-electron chi connectivity index (χ0n) is 56.7. The molecule has 7 rings (SSSR count). The van der Waals surface area contributed by atoms with Crippen molar-refractivity contribution in [2.75, 3.05) is 107 Å². The summed E-state index contributed by atoms with van der Waals surface area (Å²) in [5, 5.41) is 45.8. The summed E-state index contributed by atoms with van der Waals surface area (Å²) in [6, 6.07) is 7.05. The fourth-order valence-corrected chi connectivity index (χ4v) is 9.48. The van der Waals surface area contributed by atoms with Crippen molar-refractivity contribution in [2.24, 2.45) is 5.84 Å². The van der Waals surface area contributed by atoms with Crippen LogP contribution < -0.4 is 33.0 Å². The summed E-state index contributed by atoms with van der Waals surface area (Å²) in [4.78, 5) is 60.7. The standard InChI is InChI=1S/C18H20F3N3O2.C11H19N3O5S.C10H17N3O3.C10H15N3O2.C10H15NO3.C2H8N2O.7CH4/c1-3-14-15(17(25)26-4-2)16-23(8-9-24(16)22-14)11-12-6-5-7-13(10-12)18(19,20)21;1-4-8-9(11(15)18-5-2)10(12)14(13-8)6-7-19-20(3,16)17;1-3-7-8(10(15)16-4-2)9(11)13(12-7)5-6-14;1-3-7-8(10(14)15-4-2)9-11-5-6-13(9)12-7;1-4-9(13-5-2)8(7-11)10(12)14-6-3;3-4-1-2-5;;;;;;;/h5-7,10H,3-4,8-9,11H2,1-2H3;4-7,12H2,1-3H3;14H,3-6,11H2,1-2H3;11H,3-6H2,1-2H3;4-6H2,1-3H3;4-5H,1-3H2;7*1H4/b;;;;9-8+;;;;;;;;. The third kappa shape index (κ3) is 31.8. The quantitative estimate of drug-likeness (QED) is 0.00375. The number of carbonyl (C=O) groups is 5. The second-order valence-electron chi connectivity index (χ2n) is 19.8. The number of nitrogens with two attached hydrogens (primary N) is 3. The van der Waals surface area contributed by atoms with E-state index in [2.05, 4.69) is 35.3 Å². The predicted octanol–water partition coefficient (Wildman–Crippen LogP) is 9.75. The average Bonchev–Trinajstić information content (AvgIpc) is 1.62. The van der Waals surface area contributed by atoms with E-state index in [0.717, 1.165) is 49.4 Å². The second-order valence-corrected chi connectivity index (χ2v) is 21.5. The van der Waals surface area contributed by atoms with Crippen LogP contribution in [0.25, 0.3) is 0 Å². The summed E-state index contributed by atoms with van der Waals surface area (Å²) in [6.07, 6.45) is -0.485. The molecule has 0 aliphatic carbocycles. The van der Waals surface area contributed by atoms with Crippen LogP contribution in [0, 0.1) is 11.3 Å². The highest BCUT2D eigenvalue weighted by Gasteiger charge is 2.34. The molecule has 0 saturated carbocycles. The third-order valence-electron chi connectivity index (χ3n) is 13.2. The Morgan fingerprint density at radius 2 is 1.07 bits per heavy atom. The van der Waals surface area contributed by atoms with Gasteiger partial charge in [-0.15, -0.1) is 0 Å². The number of nitrogens with zero attached hydrogens (tertiary/aromatic N) is 10. The lowest BCUT2D eigenvalue weighted by molar-refractivity contribution is -0.138. The van der Waals surface area contributed by atoms with Crippen molar-refractivity contribution < 1.29 is 88.4 Å². The van der Waals surface area contributed by atoms with Gasteiger partial charge in [-0.2, -0.15) is 47.2 Å². The van der Waals surface area contributed by atoms with Crippen LogP contribution in [0.3, 0.4) is 0 Å². The lowest BCUT2D eigenvalue weighted by Gasteiger charge is -2.19. The molecule has 10 N–H and O–H groups in total. The molecule has 35 heteroatoms. The van der Waals surface area contributed by atoms with Crippen molar-refractivity contribution in [1.29, 1.82) is 5.26 Å². The number of carbonyl (C=O) groups excluding carboxylic acids is 5. The first-order valence-corrected chi connectivity index (χ1v) is 33.2. The minimum Gasteiger partial charge on any atom is -0.497 e. The first-order chi connectivity index (χ1) is 45.7. The molecule has 1 aromatic carbocycles. The van der Waals surface area contributed by atoms with Crippen LogP contribution in [-0.2, 0) is 112 Å². The van der Waals surface area contributed by atoms with Crippen LogP contribution in [0.4, 0.5) is 36.4 Å². The summed E-state index contributed by atoms with van der Waals surface area (Å²) in [6.45, 7) is 25.7. The number of nitrogens with one attached hydrogen (secondary N) is 2. The topological polar surface area (TPSA) is 425 Å². The Hall–Kier alpha value is -8.82. The zero-order valence-corrected chi connectivity index (χ0v) is 57.5. The molecule has 0 unspecified atom stereocenters. The Kier molecular flexibility index (Phi) is 55.1. The molecule has 2 aliphatic heterocycles. The molecular weight excluding hydrogens is 1370 g/mol. The number of nitrogen functional groups attached to an aromatic ring is 2. The van der Waals surface area contributed by atoms with Gasteiger partial charge in [-0.1, -0.05) is 98.7 Å². The molecule has 0 radical (unpaired) electrons. The first kappa shape index (κ1) is 105. The van der Waals surface area contributed by atoms with E-state index >= 15 is 0 Å². The number of esters is 5. The number of ether oxygens (including phenoxy) is 6. The monoisotopic (exact) mass is 1490 g/mol. The molecule has 6 heterocycles. The molecule has 0 spiro atoms. The highest BCUT2D eigenvalue weighted by Crippen LogP contribution is 2.34. The van der Waals surface area contributed by atoms with Crippen LogP contribution >= 0.6 is 0 Å². The molecule has 0 fully saturated rings. The number of aliphatic hydroxyl groups excluding tert-OH is 2. The average molecular weight is 1490 g/mol. The molecule has 5 aromatic rings. The predicted molar refractivity (Wildman–Crippen MR) is 396 cm³/mol. The number of alkyl halides is 3. The maximum Gasteiger partial charge on any atom is 0.416 e. The van der Waals surface area contributed by atoms with Crippen molar-refractivity contribution in [3.05, 3.63) is 91.8 Å². The van der Waals surface area contributed by atoms with Gasteiger partial charge in [0.25, 0.3) is 10.1 Å². The molecule has 592 valence electrons. The Morgan fingerprint density at radius 3 is 1.48 bits per heavy atom. The second kappa shape index (κ2) is 53.9. The molecular formula is C68H122F3N15O16S. The number of allylic oxidation sites excluding steroid dienone is 1. The molecule has 103 heavy (non-hydrogen) atoms. The van der Waals surface area contributed by atoms with Crippen molar-refractivity contribution in [3.8, 4) is 6.07 Å².